The van der Waals surface area contributed by atoms with Crippen LogP contribution in [0, 0.1) is 5.82 Å². The Morgan fingerprint density at radius 2 is 2.29 bits per heavy atom. The molecule has 3 nitrogen and oxygen atoms in total. The number of methoxy groups -OCH3 is 1. The van der Waals surface area contributed by atoms with Crippen LogP contribution >= 0.6 is 11.3 Å². The summed E-state index contributed by atoms with van der Waals surface area (Å²) in [7, 11) is 3.32. The van der Waals surface area contributed by atoms with Gasteiger partial charge >= 0.3 is 0 Å². The fourth-order valence-electron chi connectivity index (χ4n) is 1.50. The molecule has 1 aromatic heterocycles. The number of benzene rings is 1. The summed E-state index contributed by atoms with van der Waals surface area (Å²) < 4.78 is 18.4. The fraction of sp³-hybridized carbons (Fsp3) is 0.250. The summed E-state index contributed by atoms with van der Waals surface area (Å²) in [4.78, 5) is 5.21. The molecule has 0 amide bonds. The second kappa shape index (κ2) is 5.25. The van der Waals surface area contributed by atoms with Gasteiger partial charge in [0.2, 0.25) is 0 Å². The van der Waals surface area contributed by atoms with Crippen LogP contribution in [0.15, 0.2) is 24.4 Å². The summed E-state index contributed by atoms with van der Waals surface area (Å²) in [6, 6.07) is 4.93. The molecule has 17 heavy (non-hydrogen) atoms. The Balaban J connectivity index is 2.29. The Kier molecular flexibility index (Phi) is 3.71. The maximum atomic E-state index is 13.5. The number of hydrogen-bond donors (Lipinski definition) is 1. The van der Waals surface area contributed by atoms with Crippen LogP contribution in [-0.2, 0) is 6.54 Å². The summed E-state index contributed by atoms with van der Waals surface area (Å²) in [5.74, 6) is -0.0951. The molecule has 0 aliphatic rings. The molecule has 1 N–H and O–H groups in total. The molecule has 0 aliphatic carbocycles. The van der Waals surface area contributed by atoms with Crippen molar-refractivity contribution >= 4 is 11.3 Å². The molecule has 2 rings (SSSR count). The Morgan fingerprint density at radius 1 is 1.47 bits per heavy atom. The quantitative estimate of drug-likeness (QED) is 0.908. The standard InChI is InChI=1S/C12H13FN2OS/c1-14-7-12-15-6-11(17-12)8-3-4-10(16-2)9(13)5-8/h3-6,14H,7H2,1-2H3. The Hall–Kier alpha value is -1.46. The third-order valence-electron chi connectivity index (χ3n) is 2.32. The average Bonchev–Trinajstić information content (AvgIpc) is 2.78. The van der Waals surface area contributed by atoms with Crippen molar-refractivity contribution in [1.82, 2.24) is 10.3 Å². The first-order valence-corrected chi connectivity index (χ1v) is 5.99. The minimum Gasteiger partial charge on any atom is -0.494 e. The van der Waals surface area contributed by atoms with Gasteiger partial charge in [0.05, 0.1) is 12.0 Å². The topological polar surface area (TPSA) is 34.2 Å². The molecule has 0 saturated carbocycles. The highest BCUT2D eigenvalue weighted by atomic mass is 32.1. The zero-order valence-corrected chi connectivity index (χ0v) is 10.5. The van der Waals surface area contributed by atoms with E-state index in [1.54, 1.807) is 23.6 Å². The van der Waals surface area contributed by atoms with Gasteiger partial charge < -0.3 is 10.1 Å². The van der Waals surface area contributed by atoms with E-state index in [0.29, 0.717) is 0 Å². The third kappa shape index (κ3) is 2.62. The van der Waals surface area contributed by atoms with E-state index < -0.39 is 0 Å². The Labute approximate surface area is 103 Å². The van der Waals surface area contributed by atoms with Crippen LogP contribution in [0.25, 0.3) is 10.4 Å². The molecule has 0 bridgehead atoms. The molecule has 0 aliphatic heterocycles. The van der Waals surface area contributed by atoms with Crippen molar-refractivity contribution in [2.45, 2.75) is 6.54 Å². The first-order valence-electron chi connectivity index (χ1n) is 5.18. The summed E-state index contributed by atoms with van der Waals surface area (Å²) in [6.07, 6.45) is 1.76. The van der Waals surface area contributed by atoms with Crippen molar-refractivity contribution in [3.8, 4) is 16.2 Å². The number of aromatic nitrogens is 1. The molecule has 5 heteroatoms. The summed E-state index contributed by atoms with van der Waals surface area (Å²) in [5, 5.41) is 4.02. The normalized spacial score (nSPS) is 10.5. The number of rotatable bonds is 4. The number of hydrogen-bond acceptors (Lipinski definition) is 4. The molecule has 90 valence electrons. The number of nitrogens with one attached hydrogen (secondary N) is 1. The van der Waals surface area contributed by atoms with E-state index in [4.69, 9.17) is 4.74 Å². The van der Waals surface area contributed by atoms with E-state index in [0.717, 1.165) is 22.0 Å². The Bertz CT molecular complexity index is 513. The monoisotopic (exact) mass is 252 g/mol. The van der Waals surface area contributed by atoms with Crippen LogP contribution in [0.3, 0.4) is 0 Å². The molecule has 0 radical (unpaired) electrons. The van der Waals surface area contributed by atoms with Crippen molar-refractivity contribution in [3.63, 3.8) is 0 Å². The zero-order chi connectivity index (χ0) is 12.3. The first kappa shape index (κ1) is 12.0. The number of thiazole rings is 1. The lowest BCUT2D eigenvalue weighted by molar-refractivity contribution is 0.386. The van der Waals surface area contributed by atoms with Gasteiger partial charge in [0.15, 0.2) is 11.6 Å². The van der Waals surface area contributed by atoms with Gasteiger partial charge in [-0.25, -0.2) is 9.37 Å². The van der Waals surface area contributed by atoms with Crippen LogP contribution < -0.4 is 10.1 Å². The highest BCUT2D eigenvalue weighted by Gasteiger charge is 2.08. The van der Waals surface area contributed by atoms with Crippen molar-refractivity contribution in [3.05, 3.63) is 35.2 Å². The lowest BCUT2D eigenvalue weighted by Crippen LogP contribution is -2.03. The molecule has 0 atom stereocenters. The van der Waals surface area contributed by atoms with Crippen molar-refractivity contribution in [2.24, 2.45) is 0 Å². The van der Waals surface area contributed by atoms with Gasteiger partial charge in [-0.1, -0.05) is 0 Å². The third-order valence-corrected chi connectivity index (χ3v) is 3.36. The van der Waals surface area contributed by atoms with E-state index in [2.05, 4.69) is 10.3 Å². The lowest BCUT2D eigenvalue weighted by atomic mass is 10.2. The van der Waals surface area contributed by atoms with E-state index >= 15 is 0 Å². The highest BCUT2D eigenvalue weighted by molar-refractivity contribution is 7.15. The second-order valence-corrected chi connectivity index (χ2v) is 4.61. The average molecular weight is 252 g/mol. The van der Waals surface area contributed by atoms with Crippen LogP contribution in [0.4, 0.5) is 4.39 Å². The maximum absolute atomic E-state index is 13.5. The number of halogens is 1. The summed E-state index contributed by atoms with van der Waals surface area (Å²) in [6.45, 7) is 0.725. The van der Waals surface area contributed by atoms with Crippen molar-refractivity contribution in [2.75, 3.05) is 14.2 Å². The van der Waals surface area contributed by atoms with Crippen LogP contribution in [0.1, 0.15) is 5.01 Å². The van der Waals surface area contributed by atoms with E-state index in [1.165, 1.54) is 13.2 Å². The van der Waals surface area contributed by atoms with Gasteiger partial charge in [-0.05, 0) is 30.8 Å². The van der Waals surface area contributed by atoms with Gasteiger partial charge in [0, 0.05) is 12.7 Å². The predicted octanol–water partition coefficient (Wildman–Crippen LogP) is 2.68. The fourth-order valence-corrected chi connectivity index (χ4v) is 2.42. The van der Waals surface area contributed by atoms with Gasteiger partial charge in [0.1, 0.15) is 5.01 Å². The van der Waals surface area contributed by atoms with Gasteiger partial charge in [0.25, 0.3) is 0 Å². The van der Waals surface area contributed by atoms with E-state index in [-0.39, 0.29) is 11.6 Å². The smallest absolute Gasteiger partial charge is 0.165 e. The number of nitrogens with zero attached hydrogens (tertiary/aromatic N) is 1. The van der Waals surface area contributed by atoms with E-state index in [1.807, 2.05) is 13.1 Å². The van der Waals surface area contributed by atoms with Gasteiger partial charge in [-0.2, -0.15) is 0 Å². The largest absolute Gasteiger partial charge is 0.494 e. The predicted molar refractivity (Wildman–Crippen MR) is 66.8 cm³/mol. The lowest BCUT2D eigenvalue weighted by Gasteiger charge is -2.02. The minimum atomic E-state index is -0.353. The summed E-state index contributed by atoms with van der Waals surface area (Å²) >= 11 is 1.55. The molecular weight excluding hydrogens is 239 g/mol. The van der Waals surface area contributed by atoms with Crippen molar-refractivity contribution < 1.29 is 9.13 Å². The molecule has 0 spiro atoms. The van der Waals surface area contributed by atoms with Gasteiger partial charge in [-0.3, -0.25) is 0 Å². The molecule has 1 heterocycles. The highest BCUT2D eigenvalue weighted by Crippen LogP contribution is 2.29. The molecule has 0 unspecified atom stereocenters. The minimum absolute atomic E-state index is 0.258. The summed E-state index contributed by atoms with van der Waals surface area (Å²) in [5.41, 5.74) is 0.822. The number of ether oxygens (including phenoxy) is 1. The Morgan fingerprint density at radius 3 is 2.94 bits per heavy atom. The first-order chi connectivity index (χ1) is 8.24. The molecular formula is C12H13FN2OS. The molecule has 1 aromatic carbocycles. The van der Waals surface area contributed by atoms with Gasteiger partial charge in [-0.15, -0.1) is 11.3 Å². The van der Waals surface area contributed by atoms with Crippen LogP contribution in [0.2, 0.25) is 0 Å². The van der Waals surface area contributed by atoms with Crippen LogP contribution in [-0.4, -0.2) is 19.1 Å². The SMILES string of the molecule is CNCc1ncc(-c2ccc(OC)c(F)c2)s1. The van der Waals surface area contributed by atoms with Crippen LogP contribution in [0.5, 0.6) is 5.75 Å². The maximum Gasteiger partial charge on any atom is 0.165 e. The van der Waals surface area contributed by atoms with Crippen molar-refractivity contribution in [1.29, 1.82) is 0 Å². The zero-order valence-electron chi connectivity index (χ0n) is 9.66. The van der Waals surface area contributed by atoms with E-state index in [9.17, 15) is 4.39 Å². The molecule has 0 saturated heterocycles. The second-order valence-electron chi connectivity index (χ2n) is 3.50. The molecule has 2 aromatic rings. The molecule has 0 fully saturated rings.